The van der Waals surface area contributed by atoms with Crippen LogP contribution in [-0.2, 0) is 9.59 Å². The van der Waals surface area contributed by atoms with Gasteiger partial charge in [0, 0.05) is 10.6 Å². The van der Waals surface area contributed by atoms with Crippen LogP contribution in [0.15, 0.2) is 48.0 Å². The van der Waals surface area contributed by atoms with Gasteiger partial charge >= 0.3 is 6.03 Å². The van der Waals surface area contributed by atoms with Crippen molar-refractivity contribution >= 4 is 41.2 Å². The third-order valence-electron chi connectivity index (χ3n) is 3.74. The molecule has 138 valence electrons. The highest BCUT2D eigenvalue weighted by Gasteiger charge is 2.37. The molecular formula is C19H14ClFN2O4. The maximum absolute atomic E-state index is 13.5. The Bertz CT molecular complexity index is 974. The van der Waals surface area contributed by atoms with E-state index < -0.39 is 23.7 Å². The second-order valence-corrected chi connectivity index (χ2v) is 5.99. The molecule has 0 saturated carbocycles. The van der Waals surface area contributed by atoms with E-state index in [4.69, 9.17) is 16.3 Å². The Balaban J connectivity index is 2.06. The number of hydrogen-bond donors (Lipinski definition) is 1. The molecule has 0 atom stereocenters. The van der Waals surface area contributed by atoms with E-state index in [1.807, 2.05) is 0 Å². The normalized spacial score (nSPS) is 15.9. The standard InChI is InChI=1S/C19H14ClFN2O4/c1-2-27-16-7-6-12(20)8-11(16)9-15-17(24)22-19(26)23(18(15)25)14-5-3-4-13(21)10-14/h3-10H,2H2,1H3,(H,22,24,26)/b15-9+. The summed E-state index contributed by atoms with van der Waals surface area (Å²) in [6.07, 6.45) is 1.28. The van der Waals surface area contributed by atoms with Gasteiger partial charge in [-0.25, -0.2) is 14.1 Å². The van der Waals surface area contributed by atoms with Crippen molar-refractivity contribution in [2.45, 2.75) is 6.92 Å². The van der Waals surface area contributed by atoms with E-state index >= 15 is 0 Å². The van der Waals surface area contributed by atoms with Gasteiger partial charge in [-0.15, -0.1) is 0 Å². The number of anilines is 1. The lowest BCUT2D eigenvalue weighted by molar-refractivity contribution is -0.122. The molecule has 1 heterocycles. The summed E-state index contributed by atoms with van der Waals surface area (Å²) in [5, 5.41) is 2.46. The van der Waals surface area contributed by atoms with Crippen LogP contribution in [0.25, 0.3) is 6.08 Å². The summed E-state index contributed by atoms with van der Waals surface area (Å²) in [4.78, 5) is 37.8. The summed E-state index contributed by atoms with van der Waals surface area (Å²) in [6, 6.07) is 8.74. The van der Waals surface area contributed by atoms with E-state index in [1.54, 1.807) is 19.1 Å². The molecule has 4 amide bonds. The molecule has 0 radical (unpaired) electrons. The first-order valence-electron chi connectivity index (χ1n) is 8.00. The van der Waals surface area contributed by atoms with Crippen molar-refractivity contribution in [1.82, 2.24) is 5.32 Å². The number of halogens is 2. The highest BCUT2D eigenvalue weighted by molar-refractivity contribution is 6.39. The molecule has 0 spiro atoms. The molecule has 6 nitrogen and oxygen atoms in total. The highest BCUT2D eigenvalue weighted by Crippen LogP contribution is 2.28. The topological polar surface area (TPSA) is 75.7 Å². The summed E-state index contributed by atoms with van der Waals surface area (Å²) in [6.45, 7) is 2.15. The van der Waals surface area contributed by atoms with Gasteiger partial charge in [-0.1, -0.05) is 17.7 Å². The largest absolute Gasteiger partial charge is 0.493 e. The summed E-state index contributed by atoms with van der Waals surface area (Å²) in [5.41, 5.74) is 0.102. The number of carbonyl (C=O) groups is 3. The van der Waals surface area contributed by atoms with Crippen molar-refractivity contribution in [3.63, 3.8) is 0 Å². The quantitative estimate of drug-likeness (QED) is 0.642. The first kappa shape index (κ1) is 18.6. The van der Waals surface area contributed by atoms with Crippen LogP contribution >= 0.6 is 11.6 Å². The van der Waals surface area contributed by atoms with Crippen molar-refractivity contribution in [3.8, 4) is 5.75 Å². The number of benzene rings is 2. The summed E-state index contributed by atoms with van der Waals surface area (Å²) in [5.74, 6) is -1.94. The van der Waals surface area contributed by atoms with Crippen LogP contribution in [0.4, 0.5) is 14.9 Å². The smallest absolute Gasteiger partial charge is 0.335 e. The fourth-order valence-electron chi connectivity index (χ4n) is 2.58. The van der Waals surface area contributed by atoms with Gasteiger partial charge in [0.25, 0.3) is 11.8 Å². The molecule has 2 aromatic rings. The third kappa shape index (κ3) is 3.83. The molecule has 1 fully saturated rings. The van der Waals surface area contributed by atoms with E-state index in [2.05, 4.69) is 5.32 Å². The van der Waals surface area contributed by atoms with E-state index in [9.17, 15) is 18.8 Å². The van der Waals surface area contributed by atoms with Gasteiger partial charge in [0.1, 0.15) is 17.1 Å². The first-order valence-corrected chi connectivity index (χ1v) is 8.38. The summed E-state index contributed by atoms with van der Waals surface area (Å²) >= 11 is 6.00. The van der Waals surface area contributed by atoms with Crippen LogP contribution in [0.2, 0.25) is 5.02 Å². The summed E-state index contributed by atoms with van der Waals surface area (Å²) < 4.78 is 19.0. The number of hydrogen-bond acceptors (Lipinski definition) is 4. The Morgan fingerprint density at radius 2 is 1.96 bits per heavy atom. The Hall–Kier alpha value is -3.19. The van der Waals surface area contributed by atoms with E-state index in [1.165, 1.54) is 30.3 Å². The molecule has 27 heavy (non-hydrogen) atoms. The minimum absolute atomic E-state index is 0.00651. The minimum atomic E-state index is -0.955. The minimum Gasteiger partial charge on any atom is -0.493 e. The van der Waals surface area contributed by atoms with Gasteiger partial charge in [0.05, 0.1) is 12.3 Å². The number of ether oxygens (including phenoxy) is 1. The van der Waals surface area contributed by atoms with Crippen molar-refractivity contribution in [1.29, 1.82) is 0 Å². The number of nitrogens with zero attached hydrogens (tertiary/aromatic N) is 1. The fourth-order valence-corrected chi connectivity index (χ4v) is 2.76. The summed E-state index contributed by atoms with van der Waals surface area (Å²) in [7, 11) is 0. The molecule has 1 aliphatic heterocycles. The van der Waals surface area contributed by atoms with Gasteiger partial charge in [0.15, 0.2) is 0 Å². The van der Waals surface area contributed by atoms with E-state index in [0.29, 0.717) is 27.8 Å². The van der Waals surface area contributed by atoms with E-state index in [0.717, 1.165) is 6.07 Å². The van der Waals surface area contributed by atoms with Crippen molar-refractivity contribution < 1.29 is 23.5 Å². The van der Waals surface area contributed by atoms with Crippen molar-refractivity contribution in [3.05, 3.63) is 64.4 Å². The predicted octanol–water partition coefficient (Wildman–Crippen LogP) is 3.54. The number of imide groups is 2. The average Bonchev–Trinajstić information content (AvgIpc) is 2.61. The zero-order chi connectivity index (χ0) is 19.6. The van der Waals surface area contributed by atoms with Gasteiger partial charge in [-0.05, 0) is 49.4 Å². The van der Waals surface area contributed by atoms with Gasteiger partial charge in [-0.2, -0.15) is 0 Å². The SMILES string of the molecule is CCOc1ccc(Cl)cc1/C=C1\C(=O)NC(=O)N(c2cccc(F)c2)C1=O. The van der Waals surface area contributed by atoms with E-state index in [-0.39, 0.29) is 11.3 Å². The molecular weight excluding hydrogens is 375 g/mol. The average molecular weight is 389 g/mol. The Kier molecular flexibility index (Phi) is 5.23. The molecule has 1 saturated heterocycles. The molecule has 0 aliphatic carbocycles. The van der Waals surface area contributed by atoms with Crippen LogP contribution < -0.4 is 15.0 Å². The number of barbiturate groups is 1. The lowest BCUT2D eigenvalue weighted by Crippen LogP contribution is -2.54. The lowest BCUT2D eigenvalue weighted by Gasteiger charge is -2.26. The molecule has 1 N–H and O–H groups in total. The zero-order valence-electron chi connectivity index (χ0n) is 14.2. The van der Waals surface area contributed by atoms with Crippen LogP contribution in [0.3, 0.4) is 0 Å². The Morgan fingerprint density at radius 1 is 1.19 bits per heavy atom. The number of carbonyl (C=O) groups excluding carboxylic acids is 3. The third-order valence-corrected chi connectivity index (χ3v) is 3.97. The van der Waals surface area contributed by atoms with Crippen LogP contribution in [-0.4, -0.2) is 24.5 Å². The Morgan fingerprint density at radius 3 is 2.67 bits per heavy atom. The van der Waals surface area contributed by atoms with Crippen LogP contribution in [0.5, 0.6) is 5.75 Å². The fraction of sp³-hybridized carbons (Fsp3) is 0.105. The molecule has 0 aromatic heterocycles. The van der Waals surface area contributed by atoms with Gasteiger partial charge < -0.3 is 4.74 Å². The van der Waals surface area contributed by atoms with Crippen molar-refractivity contribution in [2.75, 3.05) is 11.5 Å². The van der Waals surface area contributed by atoms with Crippen LogP contribution in [0.1, 0.15) is 12.5 Å². The monoisotopic (exact) mass is 388 g/mol. The molecule has 0 bridgehead atoms. The zero-order valence-corrected chi connectivity index (χ0v) is 14.9. The van der Waals surface area contributed by atoms with Crippen molar-refractivity contribution in [2.24, 2.45) is 0 Å². The van der Waals surface area contributed by atoms with Gasteiger partial charge in [0.2, 0.25) is 0 Å². The first-order chi connectivity index (χ1) is 12.9. The number of rotatable bonds is 4. The van der Waals surface area contributed by atoms with Gasteiger partial charge in [-0.3, -0.25) is 14.9 Å². The number of nitrogens with one attached hydrogen (secondary N) is 1. The number of urea groups is 1. The molecule has 2 aromatic carbocycles. The predicted molar refractivity (Wildman–Crippen MR) is 98.0 cm³/mol. The van der Waals surface area contributed by atoms with Crippen LogP contribution in [0, 0.1) is 5.82 Å². The molecule has 3 rings (SSSR count). The number of amides is 4. The maximum Gasteiger partial charge on any atom is 0.335 e. The maximum atomic E-state index is 13.5. The lowest BCUT2D eigenvalue weighted by atomic mass is 10.1. The molecule has 1 aliphatic rings. The second-order valence-electron chi connectivity index (χ2n) is 5.55. The second kappa shape index (κ2) is 7.59. The molecule has 0 unspecified atom stereocenters. The highest BCUT2D eigenvalue weighted by atomic mass is 35.5. The molecule has 8 heteroatoms. The Labute approximate surface area is 159 Å².